The van der Waals surface area contributed by atoms with E-state index in [1.807, 2.05) is 24.5 Å². The van der Waals surface area contributed by atoms with Gasteiger partial charge in [-0.15, -0.1) is 0 Å². The topological polar surface area (TPSA) is 48.8 Å². The Hall–Kier alpha value is -2.23. The highest BCUT2D eigenvalue weighted by atomic mass is 16.3. The summed E-state index contributed by atoms with van der Waals surface area (Å²) in [5, 5.41) is 17.3. The number of nitrogens with zero attached hydrogens (tertiary/aromatic N) is 3. The molecule has 4 nitrogen and oxygen atoms in total. The molecule has 0 unspecified atom stereocenters. The first-order valence-electron chi connectivity index (χ1n) is 5.48. The van der Waals surface area contributed by atoms with Gasteiger partial charge in [0, 0.05) is 12.1 Å². The molecule has 1 aromatic carbocycles. The zero-order valence-corrected chi connectivity index (χ0v) is 9.61. The van der Waals surface area contributed by atoms with Crippen molar-refractivity contribution in [3.8, 4) is 5.75 Å². The smallest absolute Gasteiger partial charge is 0.170 e. The minimum absolute atomic E-state index is 0.229. The summed E-state index contributed by atoms with van der Waals surface area (Å²) in [6.07, 6.45) is 3.93. The first kappa shape index (κ1) is 11.3. The molecular weight excluding hydrogens is 214 g/mol. The number of pyridine rings is 1. The number of benzene rings is 1. The largest absolute Gasteiger partial charge is 0.508 e. The minimum Gasteiger partial charge on any atom is -0.508 e. The number of azo groups is 1. The van der Waals surface area contributed by atoms with Gasteiger partial charge in [0.2, 0.25) is 0 Å². The summed E-state index contributed by atoms with van der Waals surface area (Å²) in [7, 11) is 0. The first-order chi connectivity index (χ1) is 8.28. The molecule has 1 N–H and O–H groups in total. The van der Waals surface area contributed by atoms with Crippen molar-refractivity contribution >= 4 is 11.4 Å². The van der Waals surface area contributed by atoms with Gasteiger partial charge in [0.25, 0.3) is 0 Å². The number of aromatic nitrogens is 1. The van der Waals surface area contributed by atoms with Crippen molar-refractivity contribution in [1.29, 1.82) is 0 Å². The standard InChI is InChI=1S/C13H13N3O/c1-2-16-9-7-12(8-10-16)15-14-11-3-5-13(17)6-4-11/h3-10H,2H2,1H3/p+1. The molecule has 0 atom stereocenters. The monoisotopic (exact) mass is 228 g/mol. The summed E-state index contributed by atoms with van der Waals surface area (Å²) < 4.78 is 2.06. The van der Waals surface area contributed by atoms with E-state index in [4.69, 9.17) is 5.11 Å². The van der Waals surface area contributed by atoms with Crippen molar-refractivity contribution in [3.05, 3.63) is 48.8 Å². The summed E-state index contributed by atoms with van der Waals surface area (Å²) in [6.45, 7) is 3.02. The van der Waals surface area contributed by atoms with E-state index < -0.39 is 0 Å². The number of aryl methyl sites for hydroxylation is 1. The minimum atomic E-state index is 0.229. The van der Waals surface area contributed by atoms with Gasteiger partial charge in [-0.05, 0) is 31.2 Å². The highest BCUT2D eigenvalue weighted by Crippen LogP contribution is 2.19. The molecule has 0 bridgehead atoms. The van der Waals surface area contributed by atoms with Gasteiger partial charge < -0.3 is 5.11 Å². The fourth-order valence-electron chi connectivity index (χ4n) is 1.36. The third-order valence-corrected chi connectivity index (χ3v) is 2.37. The number of hydrogen-bond acceptors (Lipinski definition) is 3. The van der Waals surface area contributed by atoms with Crippen LogP contribution in [-0.4, -0.2) is 5.11 Å². The average Bonchev–Trinajstić information content (AvgIpc) is 2.39. The molecule has 0 radical (unpaired) electrons. The van der Waals surface area contributed by atoms with Crippen LogP contribution in [0.25, 0.3) is 0 Å². The molecule has 0 saturated heterocycles. The SMILES string of the molecule is CC[n+]1ccc(N=Nc2ccc(O)cc2)cc1. The van der Waals surface area contributed by atoms with Gasteiger partial charge in [0.15, 0.2) is 12.4 Å². The molecule has 0 saturated carbocycles. The van der Waals surface area contributed by atoms with E-state index in [0.29, 0.717) is 0 Å². The van der Waals surface area contributed by atoms with Crippen molar-refractivity contribution in [1.82, 2.24) is 0 Å². The molecule has 0 aliphatic rings. The van der Waals surface area contributed by atoms with Crippen molar-refractivity contribution in [3.63, 3.8) is 0 Å². The van der Waals surface area contributed by atoms with E-state index in [2.05, 4.69) is 21.7 Å². The van der Waals surface area contributed by atoms with Crippen LogP contribution in [0.1, 0.15) is 6.92 Å². The molecule has 0 aliphatic heterocycles. The van der Waals surface area contributed by atoms with Crippen molar-refractivity contribution in [2.24, 2.45) is 10.2 Å². The second-order valence-electron chi connectivity index (χ2n) is 3.60. The molecule has 17 heavy (non-hydrogen) atoms. The van der Waals surface area contributed by atoms with Gasteiger partial charge in [0.1, 0.15) is 12.3 Å². The van der Waals surface area contributed by atoms with Crippen LogP contribution < -0.4 is 4.57 Å². The third kappa shape index (κ3) is 3.11. The molecule has 0 fully saturated rings. The van der Waals surface area contributed by atoms with Gasteiger partial charge in [-0.25, -0.2) is 4.57 Å². The van der Waals surface area contributed by atoms with Crippen molar-refractivity contribution in [2.45, 2.75) is 13.5 Å². The molecule has 1 heterocycles. The molecule has 0 aliphatic carbocycles. The number of phenols is 1. The second-order valence-corrected chi connectivity index (χ2v) is 3.60. The van der Waals surface area contributed by atoms with Crippen molar-refractivity contribution in [2.75, 3.05) is 0 Å². The quantitative estimate of drug-likeness (QED) is 0.636. The fourth-order valence-corrected chi connectivity index (χ4v) is 1.36. The highest BCUT2D eigenvalue weighted by molar-refractivity contribution is 5.41. The van der Waals surface area contributed by atoms with Crippen LogP contribution in [0, 0.1) is 0 Å². The maximum Gasteiger partial charge on any atom is 0.170 e. The Morgan fingerprint density at radius 2 is 1.47 bits per heavy atom. The molecule has 1 aromatic heterocycles. The molecule has 0 spiro atoms. The Morgan fingerprint density at radius 3 is 2.00 bits per heavy atom. The van der Waals surface area contributed by atoms with Gasteiger partial charge in [-0.2, -0.15) is 10.2 Å². The number of phenolic OH excluding ortho intramolecular Hbond substituents is 1. The predicted molar refractivity (Wildman–Crippen MR) is 64.6 cm³/mol. The van der Waals surface area contributed by atoms with Gasteiger partial charge in [0.05, 0.1) is 11.4 Å². The zero-order valence-electron chi connectivity index (χ0n) is 9.61. The van der Waals surface area contributed by atoms with Crippen LogP contribution in [-0.2, 0) is 6.54 Å². The molecule has 86 valence electrons. The first-order valence-corrected chi connectivity index (χ1v) is 5.48. The van der Waals surface area contributed by atoms with Crippen molar-refractivity contribution < 1.29 is 9.67 Å². The van der Waals surface area contributed by atoms with Crippen LogP contribution >= 0.6 is 0 Å². The molecule has 2 aromatic rings. The average molecular weight is 228 g/mol. The van der Waals surface area contributed by atoms with Gasteiger partial charge in [-0.1, -0.05) is 0 Å². The van der Waals surface area contributed by atoms with E-state index in [1.54, 1.807) is 24.3 Å². The molecule has 2 rings (SSSR count). The van der Waals surface area contributed by atoms with E-state index in [-0.39, 0.29) is 5.75 Å². The fraction of sp³-hybridized carbons (Fsp3) is 0.154. The lowest BCUT2D eigenvalue weighted by Crippen LogP contribution is -2.30. The van der Waals surface area contributed by atoms with Crippen LogP contribution in [0.4, 0.5) is 11.4 Å². The number of rotatable bonds is 3. The summed E-state index contributed by atoms with van der Waals surface area (Å²) in [4.78, 5) is 0. The Bertz CT molecular complexity index is 503. The van der Waals surface area contributed by atoms with Crippen LogP contribution in [0.2, 0.25) is 0 Å². The summed E-state index contributed by atoms with van der Waals surface area (Å²) in [5.74, 6) is 0.229. The normalized spacial score (nSPS) is 10.9. The van der Waals surface area contributed by atoms with Gasteiger partial charge >= 0.3 is 0 Å². The predicted octanol–water partition coefficient (Wildman–Crippen LogP) is 3.12. The van der Waals surface area contributed by atoms with E-state index >= 15 is 0 Å². The summed E-state index contributed by atoms with van der Waals surface area (Å²) >= 11 is 0. The summed E-state index contributed by atoms with van der Waals surface area (Å²) in [5.41, 5.74) is 1.53. The van der Waals surface area contributed by atoms with Crippen LogP contribution in [0.5, 0.6) is 5.75 Å². The van der Waals surface area contributed by atoms with E-state index in [0.717, 1.165) is 17.9 Å². The number of hydrogen-bond donors (Lipinski definition) is 1. The number of aromatic hydroxyl groups is 1. The Kier molecular flexibility index (Phi) is 3.45. The molecular formula is C13H14N3O+. The van der Waals surface area contributed by atoms with Crippen LogP contribution in [0.15, 0.2) is 59.0 Å². The van der Waals surface area contributed by atoms with E-state index in [1.165, 1.54) is 0 Å². The lowest BCUT2D eigenvalue weighted by atomic mass is 10.3. The third-order valence-electron chi connectivity index (χ3n) is 2.37. The lowest BCUT2D eigenvalue weighted by Gasteiger charge is -1.94. The van der Waals surface area contributed by atoms with Crippen LogP contribution in [0.3, 0.4) is 0 Å². The Labute approximate surface area is 99.9 Å². The van der Waals surface area contributed by atoms with Gasteiger partial charge in [-0.3, -0.25) is 0 Å². The molecule has 0 amide bonds. The maximum absolute atomic E-state index is 9.12. The Balaban J connectivity index is 2.11. The lowest BCUT2D eigenvalue weighted by molar-refractivity contribution is -0.693. The van der Waals surface area contributed by atoms with E-state index in [9.17, 15) is 0 Å². The maximum atomic E-state index is 9.12. The Morgan fingerprint density at radius 1 is 0.941 bits per heavy atom. The summed E-state index contributed by atoms with van der Waals surface area (Å²) in [6, 6.07) is 10.4. The molecule has 4 heteroatoms. The highest BCUT2D eigenvalue weighted by Gasteiger charge is 1.96. The second kappa shape index (κ2) is 5.21. The zero-order chi connectivity index (χ0) is 12.1.